The number of nitrogens with zero attached hydrogens (tertiary/aromatic N) is 2. The van der Waals surface area contributed by atoms with Crippen LogP contribution in [0.2, 0.25) is 0 Å². The zero-order valence-corrected chi connectivity index (χ0v) is 19.8. The van der Waals surface area contributed by atoms with E-state index >= 15 is 0 Å². The number of nitrogens with one attached hydrogen (secondary N) is 2. The molecule has 0 amide bonds. The minimum Gasteiger partial charge on any atom is -0.493 e. The summed E-state index contributed by atoms with van der Waals surface area (Å²) < 4.78 is 85.8. The molecule has 0 fully saturated rings. The summed E-state index contributed by atoms with van der Waals surface area (Å²) in [5.41, 5.74) is 0.387. The summed E-state index contributed by atoms with van der Waals surface area (Å²) in [5, 5.41) is 3.30. The second-order valence-electron chi connectivity index (χ2n) is 6.98. The van der Waals surface area contributed by atoms with Crippen LogP contribution in [0, 0.1) is 0 Å². The highest BCUT2D eigenvalue weighted by molar-refractivity contribution is 7.89. The SMILES string of the molecule is CNS(=O)(=O)c1ccc(OCC(F)(F)F)c(Nc2ncnc3cc(OCCOC)c(OC)cc23)c1. The highest BCUT2D eigenvalue weighted by Crippen LogP contribution is 2.37. The van der Waals surface area contributed by atoms with Crippen molar-refractivity contribution in [3.63, 3.8) is 0 Å². The molecule has 10 nitrogen and oxygen atoms in total. The summed E-state index contributed by atoms with van der Waals surface area (Å²) >= 11 is 0. The minimum absolute atomic E-state index is 0.0510. The highest BCUT2D eigenvalue weighted by Gasteiger charge is 2.29. The van der Waals surface area contributed by atoms with Crippen molar-refractivity contribution < 1.29 is 40.5 Å². The van der Waals surface area contributed by atoms with Crippen molar-refractivity contribution in [3.8, 4) is 17.2 Å². The van der Waals surface area contributed by atoms with Crippen molar-refractivity contribution in [1.29, 1.82) is 0 Å². The molecule has 14 heteroatoms. The maximum Gasteiger partial charge on any atom is 0.422 e. The summed E-state index contributed by atoms with van der Waals surface area (Å²) in [4.78, 5) is 8.18. The van der Waals surface area contributed by atoms with Crippen LogP contribution in [0.4, 0.5) is 24.7 Å². The first-order valence-corrected chi connectivity index (χ1v) is 11.5. The number of anilines is 2. The van der Waals surface area contributed by atoms with Gasteiger partial charge in [0.15, 0.2) is 18.1 Å². The van der Waals surface area contributed by atoms with Gasteiger partial charge >= 0.3 is 6.18 Å². The summed E-state index contributed by atoms with van der Waals surface area (Å²) in [6.07, 6.45) is -3.36. The lowest BCUT2D eigenvalue weighted by molar-refractivity contribution is -0.153. The van der Waals surface area contributed by atoms with E-state index in [2.05, 4.69) is 20.0 Å². The number of aromatic nitrogens is 2. The number of sulfonamides is 1. The number of halogens is 3. The van der Waals surface area contributed by atoms with E-state index in [0.29, 0.717) is 29.0 Å². The lowest BCUT2D eigenvalue weighted by atomic mass is 10.2. The van der Waals surface area contributed by atoms with Crippen LogP contribution in [0.3, 0.4) is 0 Å². The smallest absolute Gasteiger partial charge is 0.422 e. The van der Waals surface area contributed by atoms with Gasteiger partial charge in [0.2, 0.25) is 10.0 Å². The van der Waals surface area contributed by atoms with Gasteiger partial charge in [0.05, 0.1) is 29.8 Å². The molecule has 0 aliphatic heterocycles. The summed E-state index contributed by atoms with van der Waals surface area (Å²) in [5.74, 6) is 0.702. The highest BCUT2D eigenvalue weighted by atomic mass is 32.2. The van der Waals surface area contributed by atoms with Crippen LogP contribution in [0.15, 0.2) is 41.6 Å². The van der Waals surface area contributed by atoms with E-state index in [-0.39, 0.29) is 28.8 Å². The second kappa shape index (κ2) is 10.9. The Labute approximate surface area is 199 Å². The standard InChI is InChI=1S/C21H23F3N4O6S/c1-25-35(29,30)13-4-5-17(34-11-21(22,23)24)16(8-13)28-20-14-9-18(32-3)19(33-7-6-31-2)10-15(14)26-12-27-20/h4-5,8-10,12,25H,6-7,11H2,1-3H3,(H,26,27,28). The van der Waals surface area contributed by atoms with Crippen molar-refractivity contribution in [1.82, 2.24) is 14.7 Å². The van der Waals surface area contributed by atoms with Gasteiger partial charge in [-0.3, -0.25) is 0 Å². The number of rotatable bonds is 11. The minimum atomic E-state index is -4.60. The number of methoxy groups -OCH3 is 2. The molecule has 35 heavy (non-hydrogen) atoms. The van der Waals surface area contributed by atoms with Crippen molar-refractivity contribution in [2.75, 3.05) is 46.4 Å². The van der Waals surface area contributed by atoms with E-state index in [4.69, 9.17) is 18.9 Å². The van der Waals surface area contributed by atoms with E-state index in [1.54, 1.807) is 12.1 Å². The fraction of sp³-hybridized carbons (Fsp3) is 0.333. The van der Waals surface area contributed by atoms with Crippen molar-refractivity contribution in [3.05, 3.63) is 36.7 Å². The number of hydrogen-bond acceptors (Lipinski definition) is 9. The molecule has 1 aromatic heterocycles. The summed E-state index contributed by atoms with van der Waals surface area (Å²) in [7, 11) is 0.303. The zero-order chi connectivity index (χ0) is 25.6. The predicted molar refractivity (Wildman–Crippen MR) is 121 cm³/mol. The number of fused-ring (bicyclic) bond motifs is 1. The molecule has 0 bridgehead atoms. The lowest BCUT2D eigenvalue weighted by Gasteiger charge is -2.17. The van der Waals surface area contributed by atoms with E-state index in [1.165, 1.54) is 27.6 Å². The number of hydrogen-bond donors (Lipinski definition) is 2. The molecule has 0 radical (unpaired) electrons. The molecule has 1 heterocycles. The largest absolute Gasteiger partial charge is 0.493 e. The van der Waals surface area contributed by atoms with Crippen LogP contribution in [-0.4, -0.2) is 65.6 Å². The second-order valence-corrected chi connectivity index (χ2v) is 8.86. The van der Waals surface area contributed by atoms with Crippen LogP contribution >= 0.6 is 0 Å². The predicted octanol–water partition coefficient (Wildman–Crippen LogP) is 3.26. The van der Waals surface area contributed by atoms with E-state index < -0.39 is 22.8 Å². The Balaban J connectivity index is 2.06. The topological polar surface area (TPSA) is 121 Å². The number of alkyl halides is 3. The normalized spacial score (nSPS) is 11.9. The molecule has 0 saturated carbocycles. The van der Waals surface area contributed by atoms with Crippen LogP contribution in [-0.2, 0) is 14.8 Å². The van der Waals surface area contributed by atoms with Gasteiger partial charge in [-0.05, 0) is 31.3 Å². The Morgan fingerprint density at radius 3 is 2.40 bits per heavy atom. The Bertz CT molecular complexity index is 1290. The average molecular weight is 516 g/mol. The van der Waals surface area contributed by atoms with Gasteiger partial charge in [-0.1, -0.05) is 0 Å². The zero-order valence-electron chi connectivity index (χ0n) is 19.0. The lowest BCUT2D eigenvalue weighted by Crippen LogP contribution is -2.20. The Morgan fingerprint density at radius 1 is 0.971 bits per heavy atom. The molecule has 0 atom stereocenters. The molecule has 190 valence electrons. The molecular formula is C21H23F3N4O6S. The third-order valence-corrected chi connectivity index (χ3v) is 6.05. The van der Waals surface area contributed by atoms with Gasteiger partial charge in [-0.15, -0.1) is 0 Å². The first kappa shape index (κ1) is 26.2. The molecule has 0 saturated heterocycles. The molecule has 3 rings (SSSR count). The Kier molecular flexibility index (Phi) is 8.19. The fourth-order valence-corrected chi connectivity index (χ4v) is 3.73. The van der Waals surface area contributed by atoms with Crippen LogP contribution < -0.4 is 24.2 Å². The van der Waals surface area contributed by atoms with E-state index in [9.17, 15) is 21.6 Å². The third-order valence-electron chi connectivity index (χ3n) is 4.64. The van der Waals surface area contributed by atoms with Gasteiger partial charge in [0.25, 0.3) is 0 Å². The van der Waals surface area contributed by atoms with Crippen LogP contribution in [0.1, 0.15) is 0 Å². The Hall–Kier alpha value is -3.36. The van der Waals surface area contributed by atoms with Crippen LogP contribution in [0.25, 0.3) is 10.9 Å². The molecule has 0 unspecified atom stereocenters. The number of ether oxygens (including phenoxy) is 4. The van der Waals surface area contributed by atoms with Crippen molar-refractivity contribution >= 4 is 32.4 Å². The summed E-state index contributed by atoms with van der Waals surface area (Å²) in [6, 6.07) is 6.60. The van der Waals surface area contributed by atoms with Crippen molar-refractivity contribution in [2.45, 2.75) is 11.1 Å². The van der Waals surface area contributed by atoms with Gasteiger partial charge in [0, 0.05) is 18.6 Å². The van der Waals surface area contributed by atoms with Gasteiger partial charge in [-0.25, -0.2) is 23.1 Å². The summed E-state index contributed by atoms with van der Waals surface area (Å²) in [6.45, 7) is -0.953. The fourth-order valence-electron chi connectivity index (χ4n) is 2.98. The maximum atomic E-state index is 12.8. The first-order chi connectivity index (χ1) is 16.6. The first-order valence-electron chi connectivity index (χ1n) is 10.1. The molecule has 0 spiro atoms. The van der Waals surface area contributed by atoms with Gasteiger partial charge < -0.3 is 24.3 Å². The van der Waals surface area contributed by atoms with Crippen molar-refractivity contribution in [2.24, 2.45) is 0 Å². The molecule has 2 aromatic carbocycles. The third kappa shape index (κ3) is 6.61. The van der Waals surface area contributed by atoms with E-state index in [0.717, 1.165) is 18.2 Å². The van der Waals surface area contributed by atoms with E-state index in [1.807, 2.05) is 0 Å². The molecule has 0 aliphatic rings. The number of benzene rings is 2. The molecule has 0 aliphatic carbocycles. The van der Waals surface area contributed by atoms with Gasteiger partial charge in [-0.2, -0.15) is 13.2 Å². The Morgan fingerprint density at radius 2 is 1.74 bits per heavy atom. The molecule has 2 N–H and O–H groups in total. The van der Waals surface area contributed by atoms with Crippen LogP contribution in [0.5, 0.6) is 17.2 Å². The maximum absolute atomic E-state index is 12.8. The molecule has 3 aromatic rings. The van der Waals surface area contributed by atoms with Gasteiger partial charge in [0.1, 0.15) is 24.5 Å². The quantitative estimate of drug-likeness (QED) is 0.370. The molecular weight excluding hydrogens is 493 g/mol. The monoisotopic (exact) mass is 516 g/mol. The average Bonchev–Trinajstić information content (AvgIpc) is 2.82.